The minimum atomic E-state index is 0.511. The molecule has 0 radical (unpaired) electrons. The number of hydrogen-bond acceptors (Lipinski definition) is 3. The molecule has 4 heteroatoms. The third-order valence-corrected chi connectivity index (χ3v) is 2.04. The summed E-state index contributed by atoms with van der Waals surface area (Å²) < 4.78 is 7.23. The summed E-state index contributed by atoms with van der Waals surface area (Å²) in [7, 11) is 1.85. The highest BCUT2D eigenvalue weighted by molar-refractivity contribution is 5.40. The van der Waals surface area contributed by atoms with E-state index in [2.05, 4.69) is 5.10 Å². The monoisotopic (exact) mass is 203 g/mol. The molecule has 78 valence electrons. The Labute approximate surface area is 88.3 Å². The molecule has 0 unspecified atom stereocenters. The zero-order valence-corrected chi connectivity index (χ0v) is 8.55. The van der Waals surface area contributed by atoms with Crippen molar-refractivity contribution >= 4 is 5.69 Å². The lowest BCUT2D eigenvalue weighted by Gasteiger charge is -2.03. The highest BCUT2D eigenvalue weighted by atomic mass is 16.5. The van der Waals surface area contributed by atoms with Crippen LogP contribution in [0.25, 0.3) is 0 Å². The Morgan fingerprint density at radius 1 is 1.47 bits per heavy atom. The van der Waals surface area contributed by atoms with Gasteiger partial charge in [-0.1, -0.05) is 12.1 Å². The first-order chi connectivity index (χ1) is 7.24. The number of nitrogen functional groups attached to an aromatic ring is 1. The zero-order chi connectivity index (χ0) is 10.7. The highest BCUT2D eigenvalue weighted by Crippen LogP contribution is 2.12. The molecule has 0 atom stereocenters. The molecule has 0 amide bonds. The molecule has 0 saturated heterocycles. The van der Waals surface area contributed by atoms with E-state index in [4.69, 9.17) is 10.5 Å². The Morgan fingerprint density at radius 3 is 3.00 bits per heavy atom. The third-order valence-electron chi connectivity index (χ3n) is 2.04. The van der Waals surface area contributed by atoms with Gasteiger partial charge in [-0.25, -0.2) is 0 Å². The van der Waals surface area contributed by atoms with Crippen LogP contribution >= 0.6 is 0 Å². The normalized spacial score (nSPS) is 10.2. The predicted molar refractivity (Wildman–Crippen MR) is 58.4 cm³/mol. The van der Waals surface area contributed by atoms with Crippen molar-refractivity contribution < 1.29 is 4.74 Å². The first kappa shape index (κ1) is 9.58. The van der Waals surface area contributed by atoms with Crippen molar-refractivity contribution in [3.63, 3.8) is 0 Å². The molecule has 1 aromatic carbocycles. The van der Waals surface area contributed by atoms with Crippen molar-refractivity contribution in [2.45, 2.75) is 6.61 Å². The van der Waals surface area contributed by atoms with Gasteiger partial charge in [0.05, 0.1) is 12.4 Å². The first-order valence-corrected chi connectivity index (χ1v) is 4.70. The average Bonchev–Trinajstić information content (AvgIpc) is 2.62. The van der Waals surface area contributed by atoms with E-state index in [0.29, 0.717) is 6.61 Å². The van der Waals surface area contributed by atoms with Crippen LogP contribution < -0.4 is 10.5 Å². The van der Waals surface area contributed by atoms with E-state index in [1.54, 1.807) is 10.9 Å². The minimum absolute atomic E-state index is 0.511. The molecule has 0 saturated carbocycles. The highest BCUT2D eigenvalue weighted by Gasteiger charge is 1.98. The van der Waals surface area contributed by atoms with Gasteiger partial charge in [0.25, 0.3) is 0 Å². The molecule has 2 rings (SSSR count). The van der Waals surface area contributed by atoms with Gasteiger partial charge in [-0.3, -0.25) is 4.68 Å². The van der Waals surface area contributed by atoms with Crippen LogP contribution in [0, 0.1) is 0 Å². The van der Waals surface area contributed by atoms with Crippen molar-refractivity contribution in [1.82, 2.24) is 9.78 Å². The number of hydrogen-bond donors (Lipinski definition) is 1. The van der Waals surface area contributed by atoms with Gasteiger partial charge < -0.3 is 10.5 Å². The number of ether oxygens (including phenoxy) is 1. The molecule has 0 aliphatic heterocycles. The molecule has 0 spiro atoms. The van der Waals surface area contributed by atoms with Crippen LogP contribution in [-0.4, -0.2) is 9.78 Å². The van der Waals surface area contributed by atoms with E-state index in [9.17, 15) is 0 Å². The van der Waals surface area contributed by atoms with E-state index in [1.807, 2.05) is 37.5 Å². The third kappa shape index (κ3) is 2.49. The maximum atomic E-state index is 5.66. The number of nitrogens with zero attached hydrogens (tertiary/aromatic N) is 2. The van der Waals surface area contributed by atoms with Gasteiger partial charge in [0, 0.05) is 12.7 Å². The lowest BCUT2D eigenvalue weighted by Crippen LogP contribution is -1.95. The van der Waals surface area contributed by atoms with Gasteiger partial charge in [-0.15, -0.1) is 0 Å². The van der Waals surface area contributed by atoms with E-state index in [-0.39, 0.29) is 0 Å². The van der Waals surface area contributed by atoms with Crippen LogP contribution in [0.3, 0.4) is 0 Å². The summed E-state index contributed by atoms with van der Waals surface area (Å²) in [6, 6.07) is 7.65. The summed E-state index contributed by atoms with van der Waals surface area (Å²) in [5.74, 6) is 0.764. The SMILES string of the molecule is Cn1cc(OCc2cccc(N)c2)cn1. The summed E-state index contributed by atoms with van der Waals surface area (Å²) in [6.45, 7) is 0.511. The van der Waals surface area contributed by atoms with Gasteiger partial charge in [-0.05, 0) is 17.7 Å². The van der Waals surface area contributed by atoms with Crippen molar-refractivity contribution in [2.24, 2.45) is 7.05 Å². The summed E-state index contributed by atoms with van der Waals surface area (Å²) in [5.41, 5.74) is 7.47. The Kier molecular flexibility index (Phi) is 2.58. The first-order valence-electron chi connectivity index (χ1n) is 4.70. The summed E-state index contributed by atoms with van der Waals surface area (Å²) in [6.07, 6.45) is 3.51. The molecule has 2 N–H and O–H groups in total. The minimum Gasteiger partial charge on any atom is -0.486 e. The van der Waals surface area contributed by atoms with Gasteiger partial charge in [0.15, 0.2) is 5.75 Å². The molecule has 1 aromatic heterocycles. The molecule has 0 aliphatic rings. The molecule has 2 aromatic rings. The smallest absolute Gasteiger partial charge is 0.157 e. The molecule has 0 bridgehead atoms. The van der Waals surface area contributed by atoms with E-state index in [1.165, 1.54) is 0 Å². The van der Waals surface area contributed by atoms with Crippen molar-refractivity contribution in [2.75, 3.05) is 5.73 Å². The standard InChI is InChI=1S/C11H13N3O/c1-14-7-11(6-13-14)15-8-9-3-2-4-10(12)5-9/h2-7H,8,12H2,1H3. The summed E-state index contributed by atoms with van der Waals surface area (Å²) in [4.78, 5) is 0. The molecule has 0 aliphatic carbocycles. The molecule has 1 heterocycles. The lowest BCUT2D eigenvalue weighted by molar-refractivity contribution is 0.306. The number of aryl methyl sites for hydroxylation is 1. The molecular formula is C11H13N3O. The Hall–Kier alpha value is -1.97. The van der Waals surface area contributed by atoms with Crippen molar-refractivity contribution in [3.05, 3.63) is 42.2 Å². The van der Waals surface area contributed by atoms with Crippen LogP contribution in [0.5, 0.6) is 5.75 Å². The van der Waals surface area contributed by atoms with Crippen molar-refractivity contribution in [3.8, 4) is 5.75 Å². The van der Waals surface area contributed by atoms with Crippen LogP contribution in [0.4, 0.5) is 5.69 Å². The second kappa shape index (κ2) is 4.04. The fourth-order valence-corrected chi connectivity index (χ4v) is 1.32. The maximum Gasteiger partial charge on any atom is 0.157 e. The second-order valence-corrected chi connectivity index (χ2v) is 3.38. The van der Waals surface area contributed by atoms with Crippen LogP contribution in [0.2, 0.25) is 0 Å². The fraction of sp³-hybridized carbons (Fsp3) is 0.182. The number of anilines is 1. The number of rotatable bonds is 3. The predicted octanol–water partition coefficient (Wildman–Crippen LogP) is 1.58. The number of benzene rings is 1. The van der Waals surface area contributed by atoms with Gasteiger partial charge in [-0.2, -0.15) is 5.10 Å². The maximum absolute atomic E-state index is 5.66. The Bertz CT molecular complexity index is 451. The van der Waals surface area contributed by atoms with Crippen LogP contribution in [-0.2, 0) is 13.7 Å². The van der Waals surface area contributed by atoms with Crippen LogP contribution in [0.15, 0.2) is 36.7 Å². The summed E-state index contributed by atoms with van der Waals surface area (Å²) >= 11 is 0. The lowest BCUT2D eigenvalue weighted by atomic mass is 10.2. The van der Waals surface area contributed by atoms with Crippen molar-refractivity contribution in [1.29, 1.82) is 0 Å². The van der Waals surface area contributed by atoms with Crippen LogP contribution in [0.1, 0.15) is 5.56 Å². The Balaban J connectivity index is 1.99. The molecule has 15 heavy (non-hydrogen) atoms. The van der Waals surface area contributed by atoms with Gasteiger partial charge >= 0.3 is 0 Å². The Morgan fingerprint density at radius 2 is 2.33 bits per heavy atom. The second-order valence-electron chi connectivity index (χ2n) is 3.38. The molecular weight excluding hydrogens is 190 g/mol. The van der Waals surface area contributed by atoms with E-state index >= 15 is 0 Å². The van der Waals surface area contributed by atoms with E-state index in [0.717, 1.165) is 17.0 Å². The molecule has 4 nitrogen and oxygen atoms in total. The zero-order valence-electron chi connectivity index (χ0n) is 8.55. The van der Waals surface area contributed by atoms with Gasteiger partial charge in [0.2, 0.25) is 0 Å². The quantitative estimate of drug-likeness (QED) is 0.770. The fourth-order valence-electron chi connectivity index (χ4n) is 1.32. The molecule has 0 fully saturated rings. The largest absolute Gasteiger partial charge is 0.486 e. The van der Waals surface area contributed by atoms with E-state index < -0.39 is 0 Å². The van der Waals surface area contributed by atoms with Gasteiger partial charge in [0.1, 0.15) is 6.61 Å². The topological polar surface area (TPSA) is 53.1 Å². The number of nitrogens with two attached hydrogens (primary N) is 1. The number of aromatic nitrogens is 2. The average molecular weight is 203 g/mol. The summed E-state index contributed by atoms with van der Waals surface area (Å²) in [5, 5.41) is 4.01.